The van der Waals surface area contributed by atoms with Gasteiger partial charge in [-0.3, -0.25) is 0 Å². The van der Waals surface area contributed by atoms with Gasteiger partial charge in [0.2, 0.25) is 0 Å². The van der Waals surface area contributed by atoms with E-state index in [9.17, 15) is 0 Å². The molecule has 3 rings (SSSR count). The molecule has 0 atom stereocenters. The number of aromatic nitrogens is 3. The molecule has 0 radical (unpaired) electrons. The number of hydrogen-bond acceptors (Lipinski definition) is 6. The van der Waals surface area contributed by atoms with Crippen molar-refractivity contribution in [1.29, 1.82) is 0 Å². The molecule has 0 amide bonds. The lowest BCUT2D eigenvalue weighted by Gasteiger charge is -2.24. The van der Waals surface area contributed by atoms with Crippen molar-refractivity contribution in [1.82, 2.24) is 15.0 Å². The number of hydrogen-bond donors (Lipinski definition) is 0. The maximum Gasteiger partial charge on any atom is 0.300 e. The minimum Gasteiger partial charge on any atom is -0.404 e. The minimum absolute atomic E-state index is 0.534. The number of anilines is 1. The molecule has 6 nitrogen and oxygen atoms in total. The van der Waals surface area contributed by atoms with Gasteiger partial charge in [-0.2, -0.15) is 9.97 Å². The van der Waals surface area contributed by atoms with Crippen molar-refractivity contribution in [3.63, 3.8) is 0 Å². The average molecular weight is 206 g/mol. The summed E-state index contributed by atoms with van der Waals surface area (Å²) in [4.78, 5) is 14.3. The van der Waals surface area contributed by atoms with E-state index in [1.54, 1.807) is 6.20 Å². The van der Waals surface area contributed by atoms with Gasteiger partial charge in [0.1, 0.15) is 11.8 Å². The van der Waals surface area contributed by atoms with Crippen molar-refractivity contribution in [2.24, 2.45) is 0 Å². The Morgan fingerprint density at radius 1 is 1.27 bits per heavy atom. The molecule has 0 saturated carbocycles. The molecule has 0 aliphatic carbocycles. The summed E-state index contributed by atoms with van der Waals surface area (Å²) in [5, 5.41) is 0. The summed E-state index contributed by atoms with van der Waals surface area (Å²) in [6.45, 7) is 3.04. The predicted molar refractivity (Wildman–Crippen MR) is 52.6 cm³/mol. The zero-order valence-electron chi connectivity index (χ0n) is 8.09. The molecule has 3 heterocycles. The molecule has 1 aliphatic heterocycles. The molecule has 2 aromatic rings. The lowest BCUT2D eigenvalue weighted by molar-refractivity contribution is 0.120. The highest BCUT2D eigenvalue weighted by Gasteiger charge is 2.17. The van der Waals surface area contributed by atoms with Gasteiger partial charge in [0, 0.05) is 13.1 Å². The van der Waals surface area contributed by atoms with Crippen LogP contribution in [0.4, 0.5) is 6.01 Å². The van der Waals surface area contributed by atoms with Gasteiger partial charge in [0.05, 0.1) is 19.4 Å². The highest BCUT2D eigenvalue weighted by molar-refractivity contribution is 5.68. The average Bonchev–Trinajstić information content (AvgIpc) is 2.74. The van der Waals surface area contributed by atoms with E-state index in [1.807, 2.05) is 4.90 Å². The third-order valence-corrected chi connectivity index (χ3v) is 2.34. The van der Waals surface area contributed by atoms with Gasteiger partial charge in [-0.05, 0) is 0 Å². The first-order valence-electron chi connectivity index (χ1n) is 4.83. The fraction of sp³-hybridized carbons (Fsp3) is 0.444. The zero-order valence-corrected chi connectivity index (χ0v) is 8.09. The summed E-state index contributed by atoms with van der Waals surface area (Å²) < 4.78 is 10.8. The first-order chi connectivity index (χ1) is 7.43. The Hall–Kier alpha value is -1.69. The Morgan fingerprint density at radius 2 is 2.13 bits per heavy atom. The van der Waals surface area contributed by atoms with Crippen LogP contribution >= 0.6 is 0 Å². The molecule has 0 aromatic carbocycles. The van der Waals surface area contributed by atoms with Crippen LogP contribution in [-0.2, 0) is 4.74 Å². The van der Waals surface area contributed by atoms with Crippen LogP contribution in [0, 0.1) is 0 Å². The molecular weight excluding hydrogens is 196 g/mol. The molecule has 15 heavy (non-hydrogen) atoms. The summed E-state index contributed by atoms with van der Waals surface area (Å²) in [6, 6.07) is 0.605. The number of rotatable bonds is 1. The van der Waals surface area contributed by atoms with Gasteiger partial charge in [0.25, 0.3) is 11.7 Å². The van der Waals surface area contributed by atoms with Crippen LogP contribution in [0.5, 0.6) is 0 Å². The second-order valence-electron chi connectivity index (χ2n) is 3.31. The molecule has 1 fully saturated rings. The molecule has 0 bridgehead atoms. The van der Waals surface area contributed by atoms with E-state index < -0.39 is 0 Å². The Morgan fingerprint density at radius 3 is 2.93 bits per heavy atom. The zero-order chi connectivity index (χ0) is 10.1. The van der Waals surface area contributed by atoms with E-state index in [0.29, 0.717) is 30.5 Å². The summed E-state index contributed by atoms with van der Waals surface area (Å²) in [6.07, 6.45) is 3.10. The standard InChI is InChI=1S/C9H10N4O2/c1-3-14-4-2-13(1)9-12-7-5-10-6-11-8(7)15-9/h5-6H,1-4H2. The maximum absolute atomic E-state index is 5.52. The Balaban J connectivity index is 1.96. The number of nitrogens with zero attached hydrogens (tertiary/aromatic N) is 4. The normalized spacial score (nSPS) is 17.2. The predicted octanol–water partition coefficient (Wildman–Crippen LogP) is 0.454. The molecule has 0 unspecified atom stereocenters. The molecule has 78 valence electrons. The van der Waals surface area contributed by atoms with Crippen LogP contribution in [-0.4, -0.2) is 41.3 Å². The summed E-state index contributed by atoms with van der Waals surface area (Å²) in [5.41, 5.74) is 1.23. The molecule has 2 aromatic heterocycles. The number of morpholine rings is 1. The number of ether oxygens (including phenoxy) is 1. The van der Waals surface area contributed by atoms with Crippen LogP contribution in [0.1, 0.15) is 0 Å². The van der Waals surface area contributed by atoms with Gasteiger partial charge < -0.3 is 14.1 Å². The van der Waals surface area contributed by atoms with Crippen molar-refractivity contribution in [3.8, 4) is 0 Å². The molecule has 1 aliphatic rings. The van der Waals surface area contributed by atoms with Crippen LogP contribution in [0.2, 0.25) is 0 Å². The quantitative estimate of drug-likeness (QED) is 0.675. The van der Waals surface area contributed by atoms with E-state index in [4.69, 9.17) is 9.15 Å². The lowest BCUT2D eigenvalue weighted by Crippen LogP contribution is -2.36. The molecular formula is C9H10N4O2. The van der Waals surface area contributed by atoms with Crippen molar-refractivity contribution < 1.29 is 9.15 Å². The largest absolute Gasteiger partial charge is 0.404 e. The van der Waals surface area contributed by atoms with Gasteiger partial charge in [-0.25, -0.2) is 4.98 Å². The molecule has 1 saturated heterocycles. The Labute approximate surface area is 85.9 Å². The molecule has 6 heteroatoms. The monoisotopic (exact) mass is 206 g/mol. The van der Waals surface area contributed by atoms with E-state index in [0.717, 1.165) is 13.1 Å². The second-order valence-corrected chi connectivity index (χ2v) is 3.31. The van der Waals surface area contributed by atoms with Crippen molar-refractivity contribution in [3.05, 3.63) is 12.5 Å². The first kappa shape index (κ1) is 8.60. The summed E-state index contributed by atoms with van der Waals surface area (Å²) in [7, 11) is 0. The highest BCUT2D eigenvalue weighted by atomic mass is 16.5. The third-order valence-electron chi connectivity index (χ3n) is 2.34. The molecule has 0 N–H and O–H groups in total. The number of fused-ring (bicyclic) bond motifs is 1. The van der Waals surface area contributed by atoms with Gasteiger partial charge >= 0.3 is 0 Å². The van der Waals surface area contributed by atoms with E-state index in [1.165, 1.54) is 6.33 Å². The van der Waals surface area contributed by atoms with Gasteiger partial charge in [-0.15, -0.1) is 0 Å². The van der Waals surface area contributed by atoms with E-state index >= 15 is 0 Å². The first-order valence-corrected chi connectivity index (χ1v) is 4.83. The third kappa shape index (κ3) is 1.52. The Bertz CT molecular complexity index is 431. The van der Waals surface area contributed by atoms with Crippen molar-refractivity contribution in [2.45, 2.75) is 0 Å². The van der Waals surface area contributed by atoms with Crippen LogP contribution in [0.15, 0.2) is 16.9 Å². The van der Waals surface area contributed by atoms with Crippen LogP contribution < -0.4 is 4.90 Å². The van der Waals surface area contributed by atoms with E-state index in [2.05, 4.69) is 15.0 Å². The second kappa shape index (κ2) is 3.47. The lowest BCUT2D eigenvalue weighted by atomic mass is 10.4. The summed E-state index contributed by atoms with van der Waals surface area (Å²) in [5.74, 6) is 0. The van der Waals surface area contributed by atoms with Crippen molar-refractivity contribution in [2.75, 3.05) is 31.2 Å². The maximum atomic E-state index is 5.52. The number of oxazole rings is 1. The van der Waals surface area contributed by atoms with Gasteiger partial charge in [0.15, 0.2) is 0 Å². The van der Waals surface area contributed by atoms with Gasteiger partial charge in [-0.1, -0.05) is 0 Å². The summed E-state index contributed by atoms with van der Waals surface area (Å²) >= 11 is 0. The van der Waals surface area contributed by atoms with Crippen LogP contribution in [0.25, 0.3) is 11.2 Å². The molecule has 0 spiro atoms. The topological polar surface area (TPSA) is 64.3 Å². The Kier molecular flexibility index (Phi) is 1.99. The smallest absolute Gasteiger partial charge is 0.300 e. The van der Waals surface area contributed by atoms with Crippen LogP contribution in [0.3, 0.4) is 0 Å². The minimum atomic E-state index is 0.534. The fourth-order valence-electron chi connectivity index (χ4n) is 1.57. The van der Waals surface area contributed by atoms with Crippen molar-refractivity contribution >= 4 is 17.2 Å². The van der Waals surface area contributed by atoms with E-state index in [-0.39, 0.29) is 0 Å². The highest BCUT2D eigenvalue weighted by Crippen LogP contribution is 2.19. The SMILES string of the molecule is c1ncc2nc(N3CCOCC3)oc2n1. The fourth-order valence-corrected chi connectivity index (χ4v) is 1.57.